The molecule has 0 saturated carbocycles. The summed E-state index contributed by atoms with van der Waals surface area (Å²) in [5, 5.41) is 0.570. The van der Waals surface area contributed by atoms with Gasteiger partial charge in [0, 0.05) is 6.42 Å². The Morgan fingerprint density at radius 1 is 1.32 bits per heavy atom. The molecule has 25 heavy (non-hydrogen) atoms. The molecule has 128 valence electrons. The van der Waals surface area contributed by atoms with E-state index in [9.17, 15) is 4.79 Å². The van der Waals surface area contributed by atoms with Crippen molar-refractivity contribution >= 4 is 23.3 Å². The van der Waals surface area contributed by atoms with E-state index in [1.165, 1.54) is 0 Å². The Bertz CT molecular complexity index is 1070. The standard InChI is InChI=1S/C19H19N3O2S/c1-19(2)9-13-8-14-16(20-15(13)11-24-19)21-18(25)22(17(14)23)10-12-6-4-3-5-7-12/h3-8H,9-11H2,1-2H3,(H,20,21,25). The summed E-state index contributed by atoms with van der Waals surface area (Å²) in [7, 11) is 0. The number of hydrogen-bond donors (Lipinski definition) is 1. The number of aromatic nitrogens is 3. The van der Waals surface area contributed by atoms with E-state index in [2.05, 4.69) is 9.97 Å². The van der Waals surface area contributed by atoms with Gasteiger partial charge in [-0.15, -0.1) is 0 Å². The van der Waals surface area contributed by atoms with Crippen molar-refractivity contribution in [3.8, 4) is 0 Å². The summed E-state index contributed by atoms with van der Waals surface area (Å²) in [4.78, 5) is 20.7. The number of nitrogens with one attached hydrogen (secondary N) is 1. The second-order valence-electron chi connectivity index (χ2n) is 7.02. The molecule has 4 rings (SSSR count). The van der Waals surface area contributed by atoms with Gasteiger partial charge in [0.1, 0.15) is 5.65 Å². The van der Waals surface area contributed by atoms with Gasteiger partial charge in [0.2, 0.25) is 0 Å². The number of H-pyrrole nitrogens is 1. The maximum absolute atomic E-state index is 13.0. The molecule has 3 aromatic rings. The number of aromatic amines is 1. The third-order valence-corrected chi connectivity index (χ3v) is 4.86. The zero-order valence-electron chi connectivity index (χ0n) is 14.2. The Kier molecular flexibility index (Phi) is 3.81. The average molecular weight is 353 g/mol. The first-order valence-electron chi connectivity index (χ1n) is 8.26. The molecule has 0 atom stereocenters. The lowest BCUT2D eigenvalue weighted by atomic mass is 9.94. The largest absolute Gasteiger partial charge is 0.369 e. The highest BCUT2D eigenvalue weighted by molar-refractivity contribution is 7.71. The molecule has 0 bridgehead atoms. The van der Waals surface area contributed by atoms with Gasteiger partial charge in [0.15, 0.2) is 4.77 Å². The minimum atomic E-state index is -0.243. The molecule has 1 aromatic carbocycles. The van der Waals surface area contributed by atoms with E-state index in [0.29, 0.717) is 29.0 Å². The summed E-state index contributed by atoms with van der Waals surface area (Å²) in [5.74, 6) is 0. The number of pyridine rings is 1. The van der Waals surface area contributed by atoms with Crippen LogP contribution in [-0.4, -0.2) is 20.1 Å². The quantitative estimate of drug-likeness (QED) is 0.718. The number of rotatable bonds is 2. The highest BCUT2D eigenvalue weighted by atomic mass is 32.1. The van der Waals surface area contributed by atoms with Gasteiger partial charge in [-0.3, -0.25) is 9.36 Å². The van der Waals surface area contributed by atoms with Gasteiger partial charge in [-0.05, 0) is 43.3 Å². The average Bonchev–Trinajstić information content (AvgIpc) is 2.58. The normalized spacial score (nSPS) is 15.9. The van der Waals surface area contributed by atoms with Crippen LogP contribution in [0.5, 0.6) is 0 Å². The highest BCUT2D eigenvalue weighted by Crippen LogP contribution is 2.27. The second-order valence-corrected chi connectivity index (χ2v) is 7.41. The molecule has 0 fully saturated rings. The third-order valence-electron chi connectivity index (χ3n) is 4.54. The Morgan fingerprint density at radius 3 is 2.84 bits per heavy atom. The summed E-state index contributed by atoms with van der Waals surface area (Å²) >= 11 is 5.39. The smallest absolute Gasteiger partial charge is 0.264 e. The molecule has 1 N–H and O–H groups in total. The van der Waals surface area contributed by atoms with E-state index in [4.69, 9.17) is 17.0 Å². The van der Waals surface area contributed by atoms with Gasteiger partial charge >= 0.3 is 0 Å². The van der Waals surface area contributed by atoms with Crippen LogP contribution in [0.1, 0.15) is 30.7 Å². The van der Waals surface area contributed by atoms with Crippen molar-refractivity contribution in [2.45, 2.75) is 39.0 Å². The first-order valence-corrected chi connectivity index (χ1v) is 8.67. The molecule has 1 aliphatic heterocycles. The van der Waals surface area contributed by atoms with Crippen LogP contribution >= 0.6 is 12.2 Å². The minimum absolute atomic E-state index is 0.109. The van der Waals surface area contributed by atoms with Crippen LogP contribution in [0.15, 0.2) is 41.2 Å². The molecule has 0 radical (unpaired) electrons. The maximum Gasteiger partial charge on any atom is 0.264 e. The van der Waals surface area contributed by atoms with Crippen molar-refractivity contribution in [2.24, 2.45) is 0 Å². The topological polar surface area (TPSA) is 59.9 Å². The Hall–Kier alpha value is -2.31. The predicted molar refractivity (Wildman–Crippen MR) is 99.3 cm³/mol. The number of benzene rings is 1. The molecule has 0 amide bonds. The van der Waals surface area contributed by atoms with Gasteiger partial charge in [0.05, 0.1) is 29.8 Å². The fourth-order valence-corrected chi connectivity index (χ4v) is 3.46. The summed E-state index contributed by atoms with van der Waals surface area (Å²) < 4.78 is 7.79. The van der Waals surface area contributed by atoms with Gasteiger partial charge in [-0.1, -0.05) is 30.3 Å². The SMILES string of the molecule is CC1(C)Cc2cc3c(=O)n(Cc4ccccc4)c(=S)[nH]c3nc2CO1. The van der Waals surface area contributed by atoms with Crippen LogP contribution in [0.3, 0.4) is 0 Å². The van der Waals surface area contributed by atoms with Crippen LogP contribution in [0.25, 0.3) is 11.0 Å². The lowest BCUT2D eigenvalue weighted by Gasteiger charge is -2.31. The van der Waals surface area contributed by atoms with E-state index < -0.39 is 0 Å². The van der Waals surface area contributed by atoms with Crippen LogP contribution in [0, 0.1) is 4.77 Å². The molecule has 0 saturated heterocycles. The number of nitrogens with zero attached hydrogens (tertiary/aromatic N) is 2. The minimum Gasteiger partial charge on any atom is -0.369 e. The molecule has 0 aliphatic carbocycles. The zero-order valence-corrected chi connectivity index (χ0v) is 15.0. The number of hydrogen-bond acceptors (Lipinski definition) is 4. The van der Waals surface area contributed by atoms with Crippen molar-refractivity contribution in [1.29, 1.82) is 0 Å². The van der Waals surface area contributed by atoms with E-state index in [1.54, 1.807) is 4.57 Å². The first kappa shape index (κ1) is 16.2. The third kappa shape index (κ3) is 3.03. The van der Waals surface area contributed by atoms with E-state index in [-0.39, 0.29) is 11.2 Å². The van der Waals surface area contributed by atoms with Crippen LogP contribution in [0.4, 0.5) is 0 Å². The fourth-order valence-electron chi connectivity index (χ4n) is 3.22. The molecule has 0 unspecified atom stereocenters. The zero-order chi connectivity index (χ0) is 17.6. The molecule has 2 aromatic heterocycles. The number of fused-ring (bicyclic) bond motifs is 2. The van der Waals surface area contributed by atoms with Crippen LogP contribution < -0.4 is 5.56 Å². The summed E-state index contributed by atoms with van der Waals surface area (Å²) in [6, 6.07) is 11.8. The van der Waals surface area contributed by atoms with Crippen molar-refractivity contribution in [2.75, 3.05) is 0 Å². The second kappa shape index (κ2) is 5.89. The van der Waals surface area contributed by atoms with Crippen molar-refractivity contribution in [1.82, 2.24) is 14.5 Å². The first-order chi connectivity index (χ1) is 11.9. The Balaban J connectivity index is 1.87. The highest BCUT2D eigenvalue weighted by Gasteiger charge is 2.27. The summed E-state index contributed by atoms with van der Waals surface area (Å²) in [6.45, 7) is 4.99. The van der Waals surface area contributed by atoms with Gasteiger partial charge in [-0.2, -0.15) is 0 Å². The van der Waals surface area contributed by atoms with Crippen LogP contribution in [0.2, 0.25) is 0 Å². The van der Waals surface area contributed by atoms with Gasteiger partial charge in [0.25, 0.3) is 5.56 Å². The fraction of sp³-hybridized carbons (Fsp3) is 0.316. The molecular formula is C19H19N3O2S. The Labute approximate surface area is 150 Å². The molecule has 1 aliphatic rings. The molecule has 0 spiro atoms. The molecule has 5 nitrogen and oxygen atoms in total. The monoisotopic (exact) mass is 353 g/mol. The predicted octanol–water partition coefficient (Wildman–Crippen LogP) is 3.35. The maximum atomic E-state index is 13.0. The van der Waals surface area contributed by atoms with Crippen LogP contribution in [-0.2, 0) is 24.3 Å². The lowest BCUT2D eigenvalue weighted by Crippen LogP contribution is -2.33. The van der Waals surface area contributed by atoms with Crippen molar-refractivity contribution < 1.29 is 4.74 Å². The lowest BCUT2D eigenvalue weighted by molar-refractivity contribution is -0.0418. The number of ether oxygens (including phenoxy) is 1. The van der Waals surface area contributed by atoms with E-state index >= 15 is 0 Å². The van der Waals surface area contributed by atoms with Crippen molar-refractivity contribution in [3.05, 3.63) is 68.3 Å². The van der Waals surface area contributed by atoms with Gasteiger partial charge in [-0.25, -0.2) is 4.98 Å². The van der Waals surface area contributed by atoms with Gasteiger partial charge < -0.3 is 9.72 Å². The summed E-state index contributed by atoms with van der Waals surface area (Å²) in [5.41, 5.74) is 3.15. The van der Waals surface area contributed by atoms with E-state index in [1.807, 2.05) is 50.2 Å². The molecule has 3 heterocycles. The molecule has 6 heteroatoms. The Morgan fingerprint density at radius 2 is 2.08 bits per heavy atom. The molecular weight excluding hydrogens is 334 g/mol. The van der Waals surface area contributed by atoms with E-state index in [0.717, 1.165) is 23.2 Å². The summed E-state index contributed by atoms with van der Waals surface area (Å²) in [6.07, 6.45) is 0.735. The van der Waals surface area contributed by atoms with Crippen molar-refractivity contribution in [3.63, 3.8) is 0 Å².